The van der Waals surface area contributed by atoms with Gasteiger partial charge in [0.25, 0.3) is 5.91 Å². The molecule has 19 heavy (non-hydrogen) atoms. The van der Waals surface area contributed by atoms with E-state index in [1.807, 2.05) is 0 Å². The highest BCUT2D eigenvalue weighted by atomic mass is 35.5. The van der Waals surface area contributed by atoms with Crippen LogP contribution in [0.15, 0.2) is 24.3 Å². The molecule has 1 aromatic rings. The maximum Gasteiger partial charge on any atom is 0.256 e. The van der Waals surface area contributed by atoms with E-state index in [0.717, 1.165) is 19.6 Å². The van der Waals surface area contributed by atoms with Crippen LogP contribution >= 0.6 is 11.6 Å². The molecule has 1 aromatic carbocycles. The van der Waals surface area contributed by atoms with Crippen LogP contribution in [0.3, 0.4) is 0 Å². The van der Waals surface area contributed by atoms with Crippen molar-refractivity contribution in [3.05, 3.63) is 34.9 Å². The second-order valence-electron chi connectivity index (χ2n) is 4.71. The minimum absolute atomic E-state index is 0.224. The molecule has 1 aliphatic heterocycles. The number of hydrogen-bond acceptors (Lipinski definition) is 3. The zero-order chi connectivity index (χ0) is 13.8. The van der Waals surface area contributed by atoms with Crippen molar-refractivity contribution < 1.29 is 9.90 Å². The summed E-state index contributed by atoms with van der Waals surface area (Å²) < 4.78 is 0. The van der Waals surface area contributed by atoms with Crippen LogP contribution in [-0.4, -0.2) is 53.5 Å². The number of nitrogens with zero attached hydrogens (tertiary/aromatic N) is 2. The van der Waals surface area contributed by atoms with Gasteiger partial charge in [0.1, 0.15) is 0 Å². The van der Waals surface area contributed by atoms with E-state index in [1.165, 1.54) is 0 Å². The Morgan fingerprint density at radius 2 is 1.84 bits per heavy atom. The van der Waals surface area contributed by atoms with Crippen LogP contribution in [0.25, 0.3) is 0 Å². The zero-order valence-electron chi connectivity index (χ0n) is 11.1. The van der Waals surface area contributed by atoms with E-state index in [9.17, 15) is 9.90 Å². The molecule has 1 amide bonds. The Kier molecular flexibility index (Phi) is 4.80. The fourth-order valence-electron chi connectivity index (χ4n) is 2.25. The van der Waals surface area contributed by atoms with Crippen LogP contribution in [0.4, 0.5) is 0 Å². The molecular weight excluding hydrogens is 264 g/mol. The molecule has 1 aliphatic rings. The Hall–Kier alpha value is -1.10. The van der Waals surface area contributed by atoms with Gasteiger partial charge in [0.2, 0.25) is 0 Å². The van der Waals surface area contributed by atoms with Gasteiger partial charge in [-0.25, -0.2) is 0 Å². The summed E-state index contributed by atoms with van der Waals surface area (Å²) in [5, 5.41) is 10.7. The van der Waals surface area contributed by atoms with E-state index in [0.29, 0.717) is 23.7 Å². The summed E-state index contributed by atoms with van der Waals surface area (Å²) in [5.41, 5.74) is 0.590. The van der Waals surface area contributed by atoms with Crippen molar-refractivity contribution in [2.24, 2.45) is 0 Å². The predicted octanol–water partition coefficient (Wildman–Crippen LogP) is 1.54. The minimum atomic E-state index is -1.09. The summed E-state index contributed by atoms with van der Waals surface area (Å²) in [6.07, 6.45) is -1.09. The Morgan fingerprint density at radius 3 is 2.37 bits per heavy atom. The molecule has 5 heteroatoms. The maximum absolute atomic E-state index is 12.2. The molecule has 1 heterocycles. The predicted molar refractivity (Wildman–Crippen MR) is 75.1 cm³/mol. The van der Waals surface area contributed by atoms with Crippen LogP contribution < -0.4 is 0 Å². The Morgan fingerprint density at radius 1 is 1.26 bits per heavy atom. The van der Waals surface area contributed by atoms with Crippen LogP contribution in [-0.2, 0) is 4.79 Å². The number of likely N-dealkylation sites (N-methyl/N-ethyl adjacent to an activating group) is 1. The zero-order valence-corrected chi connectivity index (χ0v) is 11.8. The quantitative estimate of drug-likeness (QED) is 0.915. The molecule has 1 atom stereocenters. The van der Waals surface area contributed by atoms with Gasteiger partial charge in [-0.3, -0.25) is 4.79 Å². The number of aliphatic hydroxyl groups excluding tert-OH is 1. The average molecular weight is 283 g/mol. The standard InChI is InChI=1S/C14H19ClN2O2/c1-2-16-7-9-17(10-8-16)14(19)13(18)11-3-5-12(15)6-4-11/h3-6,13,18H,2,7-10H2,1H3. The fraction of sp³-hybridized carbons (Fsp3) is 0.500. The highest BCUT2D eigenvalue weighted by Crippen LogP contribution is 2.19. The van der Waals surface area contributed by atoms with Crippen molar-refractivity contribution in [2.75, 3.05) is 32.7 Å². The molecule has 104 valence electrons. The topological polar surface area (TPSA) is 43.8 Å². The van der Waals surface area contributed by atoms with Gasteiger partial charge in [-0.2, -0.15) is 0 Å². The number of rotatable bonds is 3. The van der Waals surface area contributed by atoms with E-state index in [2.05, 4.69) is 11.8 Å². The number of amides is 1. The van der Waals surface area contributed by atoms with Crippen molar-refractivity contribution in [3.8, 4) is 0 Å². The molecule has 1 saturated heterocycles. The largest absolute Gasteiger partial charge is 0.378 e. The first-order valence-electron chi connectivity index (χ1n) is 6.56. The first-order chi connectivity index (χ1) is 9.11. The second-order valence-corrected chi connectivity index (χ2v) is 5.15. The van der Waals surface area contributed by atoms with Crippen molar-refractivity contribution in [2.45, 2.75) is 13.0 Å². The Labute approximate surface area is 118 Å². The van der Waals surface area contributed by atoms with Crippen LogP contribution in [0.2, 0.25) is 5.02 Å². The third-order valence-electron chi connectivity index (χ3n) is 3.55. The third kappa shape index (κ3) is 3.47. The van der Waals surface area contributed by atoms with Gasteiger partial charge >= 0.3 is 0 Å². The van der Waals surface area contributed by atoms with Crippen molar-refractivity contribution in [1.82, 2.24) is 9.80 Å². The molecule has 0 saturated carbocycles. The van der Waals surface area contributed by atoms with Crippen molar-refractivity contribution in [3.63, 3.8) is 0 Å². The lowest BCUT2D eigenvalue weighted by Gasteiger charge is -2.35. The molecule has 4 nitrogen and oxygen atoms in total. The number of carbonyl (C=O) groups excluding carboxylic acids is 1. The molecule has 0 radical (unpaired) electrons. The second kappa shape index (κ2) is 6.37. The van der Waals surface area contributed by atoms with E-state index in [4.69, 9.17) is 11.6 Å². The molecule has 0 aromatic heterocycles. The third-order valence-corrected chi connectivity index (χ3v) is 3.80. The average Bonchev–Trinajstić information content (AvgIpc) is 2.46. The lowest BCUT2D eigenvalue weighted by molar-refractivity contribution is -0.142. The monoisotopic (exact) mass is 282 g/mol. The summed E-state index contributed by atoms with van der Waals surface area (Å²) in [4.78, 5) is 16.2. The van der Waals surface area contributed by atoms with Crippen molar-refractivity contribution >= 4 is 17.5 Å². The lowest BCUT2D eigenvalue weighted by atomic mass is 10.1. The maximum atomic E-state index is 12.2. The van der Waals surface area contributed by atoms with E-state index >= 15 is 0 Å². The summed E-state index contributed by atoms with van der Waals surface area (Å²) in [5.74, 6) is -0.224. The normalized spacial score (nSPS) is 18.4. The van der Waals surface area contributed by atoms with E-state index in [-0.39, 0.29) is 5.91 Å². The smallest absolute Gasteiger partial charge is 0.256 e. The molecule has 1 fully saturated rings. The van der Waals surface area contributed by atoms with Gasteiger partial charge in [0.05, 0.1) is 0 Å². The minimum Gasteiger partial charge on any atom is -0.378 e. The van der Waals surface area contributed by atoms with Gasteiger partial charge < -0.3 is 14.9 Å². The summed E-state index contributed by atoms with van der Waals surface area (Å²) in [7, 11) is 0. The number of carbonyl (C=O) groups is 1. The van der Waals surface area contributed by atoms with E-state index in [1.54, 1.807) is 29.2 Å². The summed E-state index contributed by atoms with van der Waals surface area (Å²) in [6, 6.07) is 6.74. The Bertz CT molecular complexity index is 428. The number of piperazine rings is 1. The highest BCUT2D eigenvalue weighted by Gasteiger charge is 2.26. The Balaban J connectivity index is 1.98. The van der Waals surface area contributed by atoms with Crippen LogP contribution in [0.5, 0.6) is 0 Å². The van der Waals surface area contributed by atoms with Crippen LogP contribution in [0, 0.1) is 0 Å². The molecule has 0 spiro atoms. The van der Waals surface area contributed by atoms with Gasteiger partial charge in [-0.15, -0.1) is 0 Å². The van der Waals surface area contributed by atoms with Crippen LogP contribution in [0.1, 0.15) is 18.6 Å². The molecule has 0 aliphatic carbocycles. The van der Waals surface area contributed by atoms with Gasteiger partial charge in [0.15, 0.2) is 6.10 Å². The molecule has 0 bridgehead atoms. The number of hydrogen-bond donors (Lipinski definition) is 1. The number of benzene rings is 1. The first-order valence-corrected chi connectivity index (χ1v) is 6.94. The fourth-order valence-corrected chi connectivity index (χ4v) is 2.37. The highest BCUT2D eigenvalue weighted by molar-refractivity contribution is 6.30. The van der Waals surface area contributed by atoms with Gasteiger partial charge in [0, 0.05) is 31.2 Å². The molecular formula is C14H19ClN2O2. The van der Waals surface area contributed by atoms with Gasteiger partial charge in [-0.1, -0.05) is 30.7 Å². The van der Waals surface area contributed by atoms with Gasteiger partial charge in [-0.05, 0) is 24.2 Å². The van der Waals surface area contributed by atoms with E-state index < -0.39 is 6.10 Å². The lowest BCUT2D eigenvalue weighted by Crippen LogP contribution is -2.49. The SMILES string of the molecule is CCN1CCN(C(=O)C(O)c2ccc(Cl)cc2)CC1. The summed E-state index contributed by atoms with van der Waals surface area (Å²) in [6.45, 7) is 6.21. The molecule has 2 rings (SSSR count). The number of halogens is 1. The summed E-state index contributed by atoms with van der Waals surface area (Å²) >= 11 is 5.79. The number of aliphatic hydroxyl groups is 1. The molecule has 1 N–H and O–H groups in total. The molecule has 1 unspecified atom stereocenters. The first kappa shape index (κ1) is 14.3. The van der Waals surface area contributed by atoms with Crippen molar-refractivity contribution in [1.29, 1.82) is 0 Å².